The second-order valence-corrected chi connectivity index (χ2v) is 9.23. The number of hydrogen-bond donors (Lipinski definition) is 1. The first-order valence-corrected chi connectivity index (χ1v) is 12.4. The Hall–Kier alpha value is -2.80. The molecule has 1 saturated heterocycles. The molecule has 0 radical (unpaired) electrons. The molecular weight excluding hydrogens is 490 g/mol. The van der Waals surface area contributed by atoms with E-state index in [9.17, 15) is 13.6 Å². The highest BCUT2D eigenvalue weighted by molar-refractivity contribution is 5.94. The molecule has 0 spiro atoms. The van der Waals surface area contributed by atoms with Gasteiger partial charge in [0.05, 0.1) is 33.1 Å². The number of piperazine rings is 1. The number of nitrogens with two attached hydrogens (primary N) is 1. The van der Waals surface area contributed by atoms with E-state index >= 15 is 0 Å². The van der Waals surface area contributed by atoms with Gasteiger partial charge in [-0.05, 0) is 43.9 Å². The van der Waals surface area contributed by atoms with E-state index in [0.717, 1.165) is 12.8 Å². The molecule has 37 heavy (non-hydrogen) atoms. The highest BCUT2D eigenvalue weighted by atomic mass is 19.3. The third-order valence-corrected chi connectivity index (χ3v) is 6.40. The van der Waals surface area contributed by atoms with Gasteiger partial charge in [-0.15, -0.1) is 0 Å². The highest BCUT2D eigenvalue weighted by Crippen LogP contribution is 2.36. The average Bonchev–Trinajstić information content (AvgIpc) is 3.62. The minimum absolute atomic E-state index is 0.0193. The van der Waals surface area contributed by atoms with Crippen molar-refractivity contribution in [1.82, 2.24) is 14.8 Å². The monoisotopic (exact) mass is 524 g/mol. The number of carbonyl (C=O) groups excluding carboxylic acids is 1. The number of carbonyl (C=O) groups is 1. The molecule has 204 valence electrons. The van der Waals surface area contributed by atoms with E-state index in [1.54, 1.807) is 12.0 Å². The Kier molecular flexibility index (Phi) is 9.30. The quantitative estimate of drug-likeness (QED) is 0.395. The van der Waals surface area contributed by atoms with Crippen LogP contribution in [0.25, 0.3) is 11.5 Å². The van der Waals surface area contributed by atoms with Crippen LogP contribution < -0.4 is 15.2 Å². The van der Waals surface area contributed by atoms with Gasteiger partial charge in [0.25, 0.3) is 5.91 Å². The van der Waals surface area contributed by atoms with Crippen LogP contribution in [0.4, 0.5) is 8.78 Å². The number of nitrogens with zero attached hydrogens (tertiary/aromatic N) is 3. The Bertz CT molecular complexity index is 1050. The lowest BCUT2D eigenvalue weighted by molar-refractivity contribution is -0.0515. The Morgan fingerprint density at radius 3 is 2.73 bits per heavy atom. The maximum Gasteiger partial charge on any atom is 0.387 e. The summed E-state index contributed by atoms with van der Waals surface area (Å²) in [6, 6.07) is 4.53. The molecule has 0 unspecified atom stereocenters. The standard InChI is InChI=1S/C25H34F2N4O6/c1-16-13-30(7-8-31(16)15-34-10-9-33-2)24(32)22-21(12-28)36-23(29-22)18-5-6-19(37-25(26)27)20(11-18)35-14-17-3-4-17/h5-6,11,16-17,25H,3-4,7-10,12-15,28H2,1-2H3/t16-/m1/s1. The van der Waals surface area contributed by atoms with Crippen molar-refractivity contribution in [3.05, 3.63) is 29.7 Å². The average molecular weight is 525 g/mol. The van der Waals surface area contributed by atoms with Crippen molar-refractivity contribution in [3.63, 3.8) is 0 Å². The molecule has 2 aromatic rings. The summed E-state index contributed by atoms with van der Waals surface area (Å²) in [5.41, 5.74) is 6.47. The van der Waals surface area contributed by atoms with Gasteiger partial charge < -0.3 is 34.0 Å². The number of alkyl halides is 2. The van der Waals surface area contributed by atoms with Gasteiger partial charge in [-0.1, -0.05) is 0 Å². The fraction of sp³-hybridized carbons (Fsp3) is 0.600. The van der Waals surface area contributed by atoms with Crippen LogP contribution in [-0.4, -0.2) is 86.6 Å². The van der Waals surface area contributed by atoms with Crippen molar-refractivity contribution >= 4 is 5.91 Å². The molecule has 2 aliphatic rings. The maximum atomic E-state index is 13.4. The predicted molar refractivity (Wildman–Crippen MR) is 129 cm³/mol. The van der Waals surface area contributed by atoms with Gasteiger partial charge in [-0.2, -0.15) is 8.78 Å². The lowest BCUT2D eigenvalue weighted by atomic mass is 10.2. The third kappa shape index (κ3) is 7.16. The molecule has 1 aliphatic heterocycles. The zero-order valence-electron chi connectivity index (χ0n) is 21.2. The van der Waals surface area contributed by atoms with Crippen molar-refractivity contribution in [2.24, 2.45) is 11.7 Å². The van der Waals surface area contributed by atoms with E-state index < -0.39 is 6.61 Å². The SMILES string of the molecule is COCCOCN1CCN(C(=O)c2nc(-c3ccc(OC(F)F)c(OCC4CC4)c3)oc2CN)C[C@H]1C. The Morgan fingerprint density at radius 1 is 1.24 bits per heavy atom. The van der Waals surface area contributed by atoms with E-state index in [1.807, 2.05) is 6.92 Å². The number of ether oxygens (including phenoxy) is 4. The van der Waals surface area contributed by atoms with Crippen molar-refractivity contribution in [2.45, 2.75) is 39.0 Å². The lowest BCUT2D eigenvalue weighted by Gasteiger charge is -2.39. The van der Waals surface area contributed by atoms with Gasteiger partial charge in [0.2, 0.25) is 5.89 Å². The minimum Gasteiger partial charge on any atom is -0.489 e. The van der Waals surface area contributed by atoms with E-state index in [4.69, 9.17) is 24.4 Å². The summed E-state index contributed by atoms with van der Waals surface area (Å²) in [5.74, 6) is 0.651. The maximum absolute atomic E-state index is 13.4. The molecule has 2 heterocycles. The summed E-state index contributed by atoms with van der Waals surface area (Å²) in [5, 5.41) is 0. The number of oxazole rings is 1. The van der Waals surface area contributed by atoms with Gasteiger partial charge >= 0.3 is 6.61 Å². The molecule has 2 fully saturated rings. The predicted octanol–water partition coefficient (Wildman–Crippen LogP) is 2.96. The molecule has 10 nitrogen and oxygen atoms in total. The van der Waals surface area contributed by atoms with Gasteiger partial charge in [-0.25, -0.2) is 4.98 Å². The van der Waals surface area contributed by atoms with Crippen LogP contribution in [0.5, 0.6) is 11.5 Å². The van der Waals surface area contributed by atoms with E-state index in [1.165, 1.54) is 18.2 Å². The molecule has 1 aromatic heterocycles. The van der Waals surface area contributed by atoms with Crippen molar-refractivity contribution in [3.8, 4) is 23.0 Å². The number of benzene rings is 1. The second kappa shape index (κ2) is 12.6. The first kappa shape index (κ1) is 27.2. The van der Waals surface area contributed by atoms with Crippen LogP contribution in [-0.2, 0) is 16.0 Å². The van der Waals surface area contributed by atoms with Crippen molar-refractivity contribution in [2.75, 3.05) is 53.3 Å². The van der Waals surface area contributed by atoms with Gasteiger partial charge in [0.15, 0.2) is 23.0 Å². The first-order valence-electron chi connectivity index (χ1n) is 12.4. The smallest absolute Gasteiger partial charge is 0.387 e. The highest BCUT2D eigenvalue weighted by Gasteiger charge is 2.31. The molecule has 1 aliphatic carbocycles. The Balaban J connectivity index is 1.47. The van der Waals surface area contributed by atoms with Crippen LogP contribution in [0.3, 0.4) is 0 Å². The molecule has 1 atom stereocenters. The number of methoxy groups -OCH3 is 1. The molecule has 12 heteroatoms. The van der Waals surface area contributed by atoms with Gasteiger partial charge in [-0.3, -0.25) is 9.69 Å². The van der Waals surface area contributed by atoms with Gasteiger partial charge in [0.1, 0.15) is 0 Å². The van der Waals surface area contributed by atoms with E-state index in [2.05, 4.69) is 14.6 Å². The van der Waals surface area contributed by atoms with Crippen molar-refractivity contribution in [1.29, 1.82) is 0 Å². The first-order chi connectivity index (χ1) is 17.9. The molecule has 0 bridgehead atoms. The summed E-state index contributed by atoms with van der Waals surface area (Å²) in [7, 11) is 1.63. The number of aromatic nitrogens is 1. The van der Waals surface area contributed by atoms with E-state index in [-0.39, 0.29) is 47.3 Å². The van der Waals surface area contributed by atoms with Crippen molar-refractivity contribution < 1.29 is 36.9 Å². The Labute approximate surface area is 214 Å². The third-order valence-electron chi connectivity index (χ3n) is 6.40. The van der Waals surface area contributed by atoms with E-state index in [0.29, 0.717) is 57.7 Å². The summed E-state index contributed by atoms with van der Waals surface area (Å²) >= 11 is 0. The summed E-state index contributed by atoms with van der Waals surface area (Å²) < 4.78 is 52.5. The fourth-order valence-electron chi connectivity index (χ4n) is 4.07. The molecule has 1 aromatic carbocycles. The molecule has 4 rings (SSSR count). The zero-order valence-corrected chi connectivity index (χ0v) is 21.2. The number of amides is 1. The molecule has 2 N–H and O–H groups in total. The zero-order chi connectivity index (χ0) is 26.4. The van der Waals surface area contributed by atoms with Crippen LogP contribution >= 0.6 is 0 Å². The summed E-state index contributed by atoms with van der Waals surface area (Å²) in [4.78, 5) is 21.7. The second-order valence-electron chi connectivity index (χ2n) is 9.23. The topological polar surface area (TPSA) is 113 Å². The number of halogens is 2. The molecule has 1 saturated carbocycles. The number of rotatable bonds is 13. The summed E-state index contributed by atoms with van der Waals surface area (Å²) in [6.07, 6.45) is 2.09. The number of hydrogen-bond acceptors (Lipinski definition) is 9. The normalized spacial score (nSPS) is 18.4. The largest absolute Gasteiger partial charge is 0.489 e. The lowest BCUT2D eigenvalue weighted by Crippen LogP contribution is -2.54. The van der Waals surface area contributed by atoms with Crippen LogP contribution in [0.2, 0.25) is 0 Å². The van der Waals surface area contributed by atoms with Crippen LogP contribution in [0, 0.1) is 5.92 Å². The summed E-state index contributed by atoms with van der Waals surface area (Å²) in [6.45, 7) is 2.58. The van der Waals surface area contributed by atoms with Gasteiger partial charge in [0, 0.05) is 38.3 Å². The molecular formula is C25H34F2N4O6. The Morgan fingerprint density at radius 2 is 2.05 bits per heavy atom. The minimum atomic E-state index is -2.98. The van der Waals surface area contributed by atoms with Crippen LogP contribution in [0.1, 0.15) is 36.0 Å². The fourth-order valence-corrected chi connectivity index (χ4v) is 4.07. The molecule has 1 amide bonds. The van der Waals surface area contributed by atoms with Crippen LogP contribution in [0.15, 0.2) is 22.6 Å².